The van der Waals surface area contributed by atoms with E-state index >= 15 is 0 Å². The number of hydrogen-bond acceptors (Lipinski definition) is 8. The third-order valence-electron chi connectivity index (χ3n) is 4.35. The molecule has 2 N–H and O–H groups in total. The van der Waals surface area contributed by atoms with Crippen molar-refractivity contribution in [2.24, 2.45) is 0 Å². The maximum absolute atomic E-state index is 13.2. The number of ether oxygens (including phenoxy) is 4. The highest BCUT2D eigenvalue weighted by Gasteiger charge is 2.35. The predicted molar refractivity (Wildman–Crippen MR) is 106 cm³/mol. The Morgan fingerprint density at radius 2 is 1.83 bits per heavy atom. The maximum Gasteiger partial charge on any atom is 0.309 e. The van der Waals surface area contributed by atoms with Gasteiger partial charge in [0.15, 0.2) is 11.5 Å². The first-order valence-corrected chi connectivity index (χ1v) is 10.7. The lowest BCUT2D eigenvalue weighted by molar-refractivity contribution is -0.140. The fourth-order valence-electron chi connectivity index (χ4n) is 2.82. The van der Waals surface area contributed by atoms with E-state index in [0.717, 1.165) is 4.31 Å². The van der Waals surface area contributed by atoms with Gasteiger partial charge in [0.25, 0.3) is 0 Å². The quantitative estimate of drug-likeness (QED) is 0.377. The molecule has 0 aliphatic carbocycles. The molecule has 1 aromatic carbocycles. The average Bonchev–Trinajstić information content (AvgIpc) is 2.77. The van der Waals surface area contributed by atoms with Crippen LogP contribution in [0.25, 0.3) is 0 Å². The number of carbonyl (C=O) groups is 2. The molecule has 1 aliphatic heterocycles. The summed E-state index contributed by atoms with van der Waals surface area (Å²) in [6.07, 6.45) is -0.457. The number of nitrogens with one attached hydrogen (secondary N) is 2. The molecule has 1 aromatic rings. The predicted octanol–water partition coefficient (Wildman–Crippen LogP) is -0.680. The van der Waals surface area contributed by atoms with Gasteiger partial charge in [-0.15, -0.1) is 0 Å². The van der Waals surface area contributed by atoms with Gasteiger partial charge in [-0.2, -0.15) is 4.31 Å². The number of benzene rings is 1. The second kappa shape index (κ2) is 11.1. The Balaban J connectivity index is 2.11. The Hall–Kier alpha value is -2.41. The molecule has 11 nitrogen and oxygen atoms in total. The number of carbonyl (C=O) groups excluding carboxylic acids is 2. The van der Waals surface area contributed by atoms with Crippen molar-refractivity contribution in [3.8, 4) is 11.5 Å². The summed E-state index contributed by atoms with van der Waals surface area (Å²) in [5.41, 5.74) is 0. The summed E-state index contributed by atoms with van der Waals surface area (Å²) in [5, 5.41) is 4.79. The molecule has 0 radical (unpaired) electrons. The van der Waals surface area contributed by atoms with Gasteiger partial charge in [-0.05, 0) is 18.6 Å². The number of methoxy groups -OCH3 is 3. The molecule has 2 amide bonds. The summed E-state index contributed by atoms with van der Waals surface area (Å²) in [6.45, 7) is 0.809. The standard InChI is InChI=1S/C18H27N3O8S/c1-26-10-7-19-17(22)18(23)20-12-16-21(8-4-9-29-16)30(24,25)13-5-6-14(27-2)15(11-13)28-3/h5-6,11,16H,4,7-10,12H2,1-3H3,(H,19,22)(H,20,23)/t16-/m1/s1. The smallest absolute Gasteiger partial charge is 0.309 e. The van der Waals surface area contributed by atoms with Crippen molar-refractivity contribution < 1.29 is 37.0 Å². The van der Waals surface area contributed by atoms with E-state index in [9.17, 15) is 18.0 Å². The van der Waals surface area contributed by atoms with Crippen LogP contribution in [0.5, 0.6) is 11.5 Å². The average molecular weight is 445 g/mol. The second-order valence-corrected chi connectivity index (χ2v) is 8.16. The fraction of sp³-hybridized carbons (Fsp3) is 0.556. The molecule has 0 bridgehead atoms. The van der Waals surface area contributed by atoms with Crippen molar-refractivity contribution in [2.45, 2.75) is 17.5 Å². The Bertz CT molecular complexity index is 846. The lowest BCUT2D eigenvalue weighted by Gasteiger charge is -2.34. The molecular weight excluding hydrogens is 418 g/mol. The molecule has 168 valence electrons. The third kappa shape index (κ3) is 5.81. The zero-order chi connectivity index (χ0) is 22.1. The topological polar surface area (TPSA) is 132 Å². The molecule has 1 saturated heterocycles. The molecule has 2 rings (SSSR count). The highest BCUT2D eigenvalue weighted by molar-refractivity contribution is 7.89. The van der Waals surface area contributed by atoms with Gasteiger partial charge in [-0.3, -0.25) is 9.59 Å². The molecule has 30 heavy (non-hydrogen) atoms. The minimum Gasteiger partial charge on any atom is -0.493 e. The monoisotopic (exact) mass is 445 g/mol. The first-order valence-electron chi connectivity index (χ1n) is 9.25. The molecule has 0 unspecified atom stereocenters. The largest absolute Gasteiger partial charge is 0.493 e. The summed E-state index contributed by atoms with van der Waals surface area (Å²) in [6, 6.07) is 4.27. The highest BCUT2D eigenvalue weighted by atomic mass is 32.2. The van der Waals surface area contributed by atoms with Crippen molar-refractivity contribution in [3.05, 3.63) is 18.2 Å². The molecule has 1 heterocycles. The minimum atomic E-state index is -3.95. The van der Waals surface area contributed by atoms with Gasteiger partial charge in [0, 0.05) is 26.3 Å². The fourth-order valence-corrected chi connectivity index (χ4v) is 4.40. The van der Waals surface area contributed by atoms with Crippen molar-refractivity contribution in [3.63, 3.8) is 0 Å². The van der Waals surface area contributed by atoms with Crippen LogP contribution in [-0.2, 0) is 29.1 Å². The van der Waals surface area contributed by atoms with Crippen LogP contribution in [0.1, 0.15) is 6.42 Å². The zero-order valence-electron chi connectivity index (χ0n) is 17.2. The Morgan fingerprint density at radius 1 is 1.13 bits per heavy atom. The first kappa shape index (κ1) is 23.9. The van der Waals surface area contributed by atoms with Crippen LogP contribution >= 0.6 is 0 Å². The van der Waals surface area contributed by atoms with Crippen molar-refractivity contribution in [1.82, 2.24) is 14.9 Å². The Kier molecular flexibility index (Phi) is 8.84. The Morgan fingerprint density at radius 3 is 2.50 bits per heavy atom. The first-order chi connectivity index (χ1) is 14.3. The summed E-state index contributed by atoms with van der Waals surface area (Å²) in [7, 11) is 0.386. The van der Waals surface area contributed by atoms with Crippen molar-refractivity contribution in [2.75, 3.05) is 54.2 Å². The lowest BCUT2D eigenvalue weighted by Crippen LogP contribution is -2.53. The van der Waals surface area contributed by atoms with E-state index in [2.05, 4.69) is 10.6 Å². The highest BCUT2D eigenvalue weighted by Crippen LogP contribution is 2.31. The van der Waals surface area contributed by atoms with Crippen LogP contribution < -0.4 is 20.1 Å². The summed E-state index contributed by atoms with van der Waals surface area (Å²) < 4.78 is 48.1. The number of rotatable bonds is 9. The van der Waals surface area contributed by atoms with Gasteiger partial charge < -0.3 is 29.6 Å². The van der Waals surface area contributed by atoms with Gasteiger partial charge in [0.2, 0.25) is 10.0 Å². The SMILES string of the molecule is COCCNC(=O)C(=O)NC[C@H]1OCCCN1S(=O)(=O)c1ccc(OC)c(OC)c1. The zero-order valence-corrected chi connectivity index (χ0v) is 18.0. The third-order valence-corrected chi connectivity index (χ3v) is 6.24. The normalized spacial score (nSPS) is 17.2. The molecule has 1 aliphatic rings. The van der Waals surface area contributed by atoms with E-state index < -0.39 is 28.1 Å². The van der Waals surface area contributed by atoms with Crippen LogP contribution in [0.2, 0.25) is 0 Å². The second-order valence-electron chi connectivity index (χ2n) is 6.27. The van der Waals surface area contributed by atoms with E-state index in [1.54, 1.807) is 0 Å². The lowest BCUT2D eigenvalue weighted by atomic mass is 10.3. The minimum absolute atomic E-state index is 0.000662. The summed E-state index contributed by atoms with van der Waals surface area (Å²) >= 11 is 0. The van der Waals surface area contributed by atoms with Crippen molar-refractivity contribution >= 4 is 21.8 Å². The van der Waals surface area contributed by atoms with E-state index in [1.807, 2.05) is 0 Å². The molecule has 0 saturated carbocycles. The van der Waals surface area contributed by atoms with E-state index in [4.69, 9.17) is 18.9 Å². The van der Waals surface area contributed by atoms with E-state index in [1.165, 1.54) is 39.5 Å². The van der Waals surface area contributed by atoms with Crippen LogP contribution in [-0.4, -0.2) is 84.9 Å². The summed E-state index contributed by atoms with van der Waals surface area (Å²) in [5.74, 6) is -1.05. The van der Waals surface area contributed by atoms with Gasteiger partial charge in [0.05, 0.1) is 38.9 Å². The molecule has 1 fully saturated rings. The van der Waals surface area contributed by atoms with Crippen LogP contribution in [0.4, 0.5) is 0 Å². The van der Waals surface area contributed by atoms with Gasteiger partial charge >= 0.3 is 11.8 Å². The maximum atomic E-state index is 13.2. The molecule has 0 aromatic heterocycles. The van der Waals surface area contributed by atoms with E-state index in [0.29, 0.717) is 18.8 Å². The number of amides is 2. The van der Waals surface area contributed by atoms with E-state index in [-0.39, 0.29) is 36.9 Å². The van der Waals surface area contributed by atoms with Gasteiger partial charge in [-0.25, -0.2) is 8.42 Å². The van der Waals surface area contributed by atoms with Crippen LogP contribution in [0.3, 0.4) is 0 Å². The van der Waals surface area contributed by atoms with Gasteiger partial charge in [-0.1, -0.05) is 0 Å². The Labute approximate surface area is 175 Å². The summed E-state index contributed by atoms with van der Waals surface area (Å²) in [4.78, 5) is 23.7. The number of nitrogens with zero attached hydrogens (tertiary/aromatic N) is 1. The van der Waals surface area contributed by atoms with Gasteiger partial charge in [0.1, 0.15) is 6.23 Å². The molecular formula is C18H27N3O8S. The number of sulfonamides is 1. The molecule has 0 spiro atoms. The number of hydrogen-bond donors (Lipinski definition) is 2. The molecule has 1 atom stereocenters. The van der Waals surface area contributed by atoms with Crippen LogP contribution in [0, 0.1) is 0 Å². The van der Waals surface area contributed by atoms with Crippen LogP contribution in [0.15, 0.2) is 23.1 Å². The molecule has 12 heteroatoms. The van der Waals surface area contributed by atoms with Crippen molar-refractivity contribution in [1.29, 1.82) is 0 Å².